The summed E-state index contributed by atoms with van der Waals surface area (Å²) in [5, 5.41) is 0. The smallest absolute Gasteiger partial charge is 0.410 e. The van der Waals surface area contributed by atoms with Crippen molar-refractivity contribution in [1.29, 1.82) is 0 Å². The Morgan fingerprint density at radius 3 is 2.78 bits per heavy atom. The van der Waals surface area contributed by atoms with E-state index in [9.17, 15) is 4.79 Å². The lowest BCUT2D eigenvalue weighted by atomic mass is 9.99. The molecule has 1 aliphatic rings. The monoisotopic (exact) mass is 292 g/mol. The summed E-state index contributed by atoms with van der Waals surface area (Å²) in [6.45, 7) is 8.16. The molecule has 18 heavy (non-hydrogen) atoms. The summed E-state index contributed by atoms with van der Waals surface area (Å²) in [6, 6.07) is 0. The molecule has 6 heteroatoms. The van der Waals surface area contributed by atoms with Gasteiger partial charge in [-0.15, -0.1) is 0 Å². The van der Waals surface area contributed by atoms with Gasteiger partial charge >= 0.3 is 6.09 Å². The Balaban J connectivity index is 2.43. The minimum atomic E-state index is -0.418. The molecule has 2 unspecified atom stereocenters. The molecule has 0 radical (unpaired) electrons. The van der Waals surface area contributed by atoms with Crippen LogP contribution in [0.1, 0.15) is 33.6 Å². The standard InChI is InChI=1S/C12H24N2O2S2/c1-12(2,3)16-11(15)14-7-5-6-10(9-14)8-13-18(4)17/h10,13H,5-9H2,1-4H3. The van der Waals surface area contributed by atoms with Gasteiger partial charge in [0.05, 0.1) is 0 Å². The second-order valence-electron chi connectivity index (χ2n) is 5.74. The molecule has 1 saturated heterocycles. The second kappa shape index (κ2) is 6.82. The van der Waals surface area contributed by atoms with Gasteiger partial charge in [0.1, 0.15) is 5.60 Å². The highest BCUT2D eigenvalue weighted by Crippen LogP contribution is 2.18. The fraction of sp³-hybridized carbons (Fsp3) is 0.917. The van der Waals surface area contributed by atoms with E-state index in [1.54, 1.807) is 0 Å². The van der Waals surface area contributed by atoms with Gasteiger partial charge in [-0.2, -0.15) is 0 Å². The predicted molar refractivity (Wildman–Crippen MR) is 79.2 cm³/mol. The van der Waals surface area contributed by atoms with Crippen LogP contribution < -0.4 is 4.72 Å². The number of hydrogen-bond acceptors (Lipinski definition) is 3. The molecule has 0 aromatic rings. The molecule has 0 spiro atoms. The number of nitrogens with one attached hydrogen (secondary N) is 1. The van der Waals surface area contributed by atoms with Gasteiger partial charge in [0.25, 0.3) is 0 Å². The minimum absolute atomic E-state index is 0.156. The number of piperidine rings is 1. The van der Waals surface area contributed by atoms with Crippen molar-refractivity contribution in [2.45, 2.75) is 39.2 Å². The summed E-state index contributed by atoms with van der Waals surface area (Å²) in [5.74, 6) is 0.490. The minimum Gasteiger partial charge on any atom is -0.444 e. The Hall–Kier alpha value is -0.200. The third-order valence-electron chi connectivity index (χ3n) is 2.75. The first kappa shape index (κ1) is 15.9. The average Bonchev–Trinajstić information content (AvgIpc) is 2.24. The summed E-state index contributed by atoms with van der Waals surface area (Å²) in [7, 11) is -0.156. The zero-order valence-electron chi connectivity index (χ0n) is 11.7. The van der Waals surface area contributed by atoms with Crippen LogP contribution in [-0.2, 0) is 25.6 Å². The molecule has 1 amide bonds. The molecule has 106 valence electrons. The first-order valence-electron chi connectivity index (χ1n) is 6.33. The average molecular weight is 292 g/mol. The van der Waals surface area contributed by atoms with Gasteiger partial charge in [0, 0.05) is 19.6 Å². The molecule has 0 saturated carbocycles. The van der Waals surface area contributed by atoms with Crippen LogP contribution in [0.3, 0.4) is 0 Å². The van der Waals surface area contributed by atoms with Crippen LogP contribution in [0.5, 0.6) is 0 Å². The highest BCUT2D eigenvalue weighted by molar-refractivity contribution is 8.27. The topological polar surface area (TPSA) is 41.6 Å². The van der Waals surface area contributed by atoms with Crippen LogP contribution >= 0.6 is 0 Å². The highest BCUT2D eigenvalue weighted by Gasteiger charge is 2.27. The summed E-state index contributed by atoms with van der Waals surface area (Å²) in [4.78, 5) is 13.8. The van der Waals surface area contributed by atoms with Gasteiger partial charge in [-0.1, -0.05) is 9.64 Å². The Morgan fingerprint density at radius 1 is 1.56 bits per heavy atom. The van der Waals surface area contributed by atoms with E-state index in [0.717, 1.165) is 32.5 Å². The summed E-state index contributed by atoms with van der Waals surface area (Å²) >= 11 is 5.11. The Labute approximate surface area is 117 Å². The molecule has 1 heterocycles. The van der Waals surface area contributed by atoms with Crippen molar-refractivity contribution < 1.29 is 9.53 Å². The summed E-state index contributed by atoms with van der Waals surface area (Å²) in [6.07, 6.45) is 3.99. The number of carbonyl (C=O) groups is 1. The first-order valence-corrected chi connectivity index (χ1v) is 8.88. The van der Waals surface area contributed by atoms with Gasteiger partial charge in [-0.05, 0) is 57.0 Å². The van der Waals surface area contributed by atoms with Crippen LogP contribution in [0.4, 0.5) is 4.79 Å². The molecule has 0 aliphatic carbocycles. The number of hydrogen-bond donors (Lipinski definition) is 1. The maximum absolute atomic E-state index is 12.0. The Morgan fingerprint density at radius 2 is 2.22 bits per heavy atom. The molecule has 4 nitrogen and oxygen atoms in total. The highest BCUT2D eigenvalue weighted by atomic mass is 32.8. The zero-order chi connectivity index (χ0) is 13.8. The molecule has 1 fully saturated rings. The van der Waals surface area contributed by atoms with Crippen molar-refractivity contribution in [3.05, 3.63) is 0 Å². The van der Waals surface area contributed by atoms with Crippen molar-refractivity contribution in [3.63, 3.8) is 0 Å². The maximum atomic E-state index is 12.0. The van der Waals surface area contributed by atoms with Crippen molar-refractivity contribution in [3.8, 4) is 0 Å². The lowest BCUT2D eigenvalue weighted by Gasteiger charge is -2.34. The Kier molecular flexibility index (Phi) is 6.01. The van der Waals surface area contributed by atoms with E-state index < -0.39 is 5.60 Å². The molecule has 1 rings (SSSR count). The van der Waals surface area contributed by atoms with Crippen LogP contribution in [-0.4, -0.2) is 42.5 Å². The van der Waals surface area contributed by atoms with Crippen molar-refractivity contribution in [2.75, 3.05) is 25.9 Å². The third-order valence-corrected chi connectivity index (χ3v) is 3.67. The van der Waals surface area contributed by atoms with Crippen LogP contribution in [0.15, 0.2) is 0 Å². The molecular formula is C12H24N2O2S2. The normalized spacial score (nSPS) is 22.7. The molecule has 2 atom stereocenters. The quantitative estimate of drug-likeness (QED) is 0.862. The third kappa shape index (κ3) is 6.11. The second-order valence-corrected chi connectivity index (χ2v) is 8.43. The van der Waals surface area contributed by atoms with E-state index in [2.05, 4.69) is 4.72 Å². The maximum Gasteiger partial charge on any atom is 0.410 e. The van der Waals surface area contributed by atoms with Crippen LogP contribution in [0.2, 0.25) is 0 Å². The molecule has 0 bridgehead atoms. The van der Waals surface area contributed by atoms with Crippen LogP contribution in [0.25, 0.3) is 0 Å². The van der Waals surface area contributed by atoms with Gasteiger partial charge in [0.15, 0.2) is 0 Å². The van der Waals surface area contributed by atoms with Crippen molar-refractivity contribution in [2.24, 2.45) is 5.92 Å². The van der Waals surface area contributed by atoms with Gasteiger partial charge in [0.2, 0.25) is 0 Å². The van der Waals surface area contributed by atoms with Crippen LogP contribution in [0, 0.1) is 5.92 Å². The fourth-order valence-electron chi connectivity index (χ4n) is 1.96. The van der Waals surface area contributed by atoms with Gasteiger partial charge in [-0.25, -0.2) is 4.79 Å². The zero-order valence-corrected chi connectivity index (χ0v) is 13.3. The summed E-state index contributed by atoms with van der Waals surface area (Å²) < 4.78 is 8.69. The lowest BCUT2D eigenvalue weighted by molar-refractivity contribution is 0.0169. The summed E-state index contributed by atoms with van der Waals surface area (Å²) in [5.41, 5.74) is -0.418. The Bertz CT molecular complexity index is 316. The van der Waals surface area contributed by atoms with E-state index in [1.165, 1.54) is 0 Å². The SMILES string of the molecule is CS(=S)NCC1CCCN(C(=O)OC(C)(C)C)C1. The number of likely N-dealkylation sites (tertiary alicyclic amines) is 1. The van der Waals surface area contributed by atoms with E-state index >= 15 is 0 Å². The number of rotatable bonds is 3. The lowest BCUT2D eigenvalue weighted by Crippen LogP contribution is -2.45. The largest absolute Gasteiger partial charge is 0.444 e. The fourth-order valence-corrected chi connectivity index (χ4v) is 2.63. The number of nitrogens with zero attached hydrogens (tertiary/aromatic N) is 1. The molecular weight excluding hydrogens is 268 g/mol. The van der Waals surface area contributed by atoms with E-state index in [-0.39, 0.29) is 15.7 Å². The predicted octanol–water partition coefficient (Wildman–Crippen LogP) is 1.85. The first-order chi connectivity index (χ1) is 8.28. The molecule has 0 aromatic heterocycles. The van der Waals surface area contributed by atoms with Crippen molar-refractivity contribution >= 4 is 26.9 Å². The number of ether oxygens (including phenoxy) is 1. The van der Waals surface area contributed by atoms with E-state index in [0.29, 0.717) is 5.92 Å². The van der Waals surface area contributed by atoms with E-state index in [4.69, 9.17) is 15.9 Å². The van der Waals surface area contributed by atoms with Crippen molar-refractivity contribution in [1.82, 2.24) is 9.62 Å². The molecule has 1 aliphatic heterocycles. The van der Waals surface area contributed by atoms with Gasteiger partial charge < -0.3 is 9.64 Å². The molecule has 1 N–H and O–H groups in total. The number of carbonyl (C=O) groups excluding carboxylic acids is 1. The van der Waals surface area contributed by atoms with E-state index in [1.807, 2.05) is 31.9 Å². The number of amides is 1. The van der Waals surface area contributed by atoms with Gasteiger partial charge in [-0.3, -0.25) is 4.72 Å². The molecule has 0 aromatic carbocycles.